The van der Waals surface area contributed by atoms with Crippen LogP contribution in [0.15, 0.2) is 95.2 Å². The number of rotatable bonds is 4. The summed E-state index contributed by atoms with van der Waals surface area (Å²) in [6.45, 7) is 0. The van der Waals surface area contributed by atoms with Crippen molar-refractivity contribution in [1.29, 1.82) is 0 Å². The first-order valence-corrected chi connectivity index (χ1v) is 8.42. The van der Waals surface area contributed by atoms with E-state index in [1.54, 1.807) is 0 Å². The summed E-state index contributed by atoms with van der Waals surface area (Å²) in [5.41, 5.74) is 1.82. The van der Waals surface area contributed by atoms with Gasteiger partial charge >= 0.3 is 130 Å². The van der Waals surface area contributed by atoms with Gasteiger partial charge in [-0.05, 0) is 0 Å². The Kier molecular flexibility index (Phi) is 4.57. The minimum atomic E-state index is 0.244. The second-order valence-electron chi connectivity index (χ2n) is 4.42. The second kappa shape index (κ2) is 6.98. The average Bonchev–Trinajstić information content (AvgIpc) is 2.56. The molecule has 0 aromatic heterocycles. The van der Waals surface area contributed by atoms with Gasteiger partial charge in [0.2, 0.25) is 0 Å². The van der Waals surface area contributed by atoms with E-state index >= 15 is 0 Å². The van der Waals surface area contributed by atoms with Gasteiger partial charge in [-0.1, -0.05) is 0 Å². The van der Waals surface area contributed by atoms with Crippen molar-refractivity contribution < 1.29 is 0 Å². The average molecular weight is 337 g/mol. The predicted molar refractivity (Wildman–Crippen MR) is 88.5 cm³/mol. The van der Waals surface area contributed by atoms with Gasteiger partial charge in [0.1, 0.15) is 0 Å². The van der Waals surface area contributed by atoms with E-state index < -0.39 is 0 Å². The summed E-state index contributed by atoms with van der Waals surface area (Å²) in [5.74, 6) is 0. The van der Waals surface area contributed by atoms with Crippen LogP contribution in [0.4, 0.5) is 11.4 Å². The monoisotopic (exact) mass is 338 g/mol. The molecule has 0 aliphatic carbocycles. The van der Waals surface area contributed by atoms with Gasteiger partial charge in [-0.15, -0.1) is 0 Å². The fourth-order valence-corrected chi connectivity index (χ4v) is 3.75. The Morgan fingerprint density at radius 3 is 1.95 bits per heavy atom. The van der Waals surface area contributed by atoms with Gasteiger partial charge in [-0.2, -0.15) is 0 Å². The van der Waals surface area contributed by atoms with Gasteiger partial charge in [0, 0.05) is 0 Å². The van der Waals surface area contributed by atoms with Crippen LogP contribution in [0.3, 0.4) is 0 Å². The molecule has 0 aliphatic rings. The molecule has 0 unspecified atom stereocenters. The number of hydrogen-bond donors (Lipinski definition) is 0. The summed E-state index contributed by atoms with van der Waals surface area (Å²) in [6.07, 6.45) is 0. The summed E-state index contributed by atoms with van der Waals surface area (Å²) < 4.78 is 2.59. The molecule has 21 heavy (non-hydrogen) atoms. The van der Waals surface area contributed by atoms with E-state index in [1.807, 2.05) is 48.5 Å². The van der Waals surface area contributed by atoms with E-state index in [0.29, 0.717) is 0 Å². The van der Waals surface area contributed by atoms with Gasteiger partial charge in [0.25, 0.3) is 0 Å². The fraction of sp³-hybridized carbons (Fsp3) is 0. The first-order chi connectivity index (χ1) is 10.4. The molecule has 0 aliphatic heterocycles. The van der Waals surface area contributed by atoms with E-state index in [9.17, 15) is 0 Å². The van der Waals surface area contributed by atoms with E-state index in [4.69, 9.17) is 0 Å². The van der Waals surface area contributed by atoms with E-state index in [-0.39, 0.29) is 15.0 Å². The van der Waals surface area contributed by atoms with Crippen LogP contribution in [0.1, 0.15) is 0 Å². The van der Waals surface area contributed by atoms with Crippen molar-refractivity contribution in [1.82, 2.24) is 0 Å². The Morgan fingerprint density at radius 2 is 1.19 bits per heavy atom. The molecule has 3 aromatic rings. The summed E-state index contributed by atoms with van der Waals surface area (Å²) >= 11 is 0.244. The first kappa shape index (κ1) is 13.7. The van der Waals surface area contributed by atoms with Gasteiger partial charge in [-0.25, -0.2) is 0 Å². The maximum absolute atomic E-state index is 4.41. The summed E-state index contributed by atoms with van der Waals surface area (Å²) in [7, 11) is 0. The third-order valence-electron chi connectivity index (χ3n) is 2.87. The quantitative estimate of drug-likeness (QED) is 0.512. The topological polar surface area (TPSA) is 24.7 Å². The Bertz CT molecular complexity index is 724. The van der Waals surface area contributed by atoms with Crippen molar-refractivity contribution in [3.05, 3.63) is 84.9 Å². The zero-order valence-corrected chi connectivity index (χ0v) is 13.1. The standard InChI is InChI=1S/C18H14N2Se/c1-3-9-15(10-4-1)19-20-17-13-7-8-14-18(17)21-16-11-5-2-6-12-16/h1-14H. The van der Waals surface area contributed by atoms with Crippen LogP contribution in [0.25, 0.3) is 0 Å². The Morgan fingerprint density at radius 1 is 0.571 bits per heavy atom. The Hall–Kier alpha value is -2.22. The third kappa shape index (κ3) is 3.88. The molecule has 0 N–H and O–H groups in total. The molecule has 3 heteroatoms. The second-order valence-corrected chi connectivity index (χ2v) is 6.76. The Balaban J connectivity index is 1.84. The predicted octanol–water partition coefficient (Wildman–Crippen LogP) is 3.76. The van der Waals surface area contributed by atoms with Gasteiger partial charge in [0.15, 0.2) is 0 Å². The molecule has 2 nitrogen and oxygen atoms in total. The molecule has 3 rings (SSSR count). The molecule has 3 aromatic carbocycles. The zero-order valence-electron chi connectivity index (χ0n) is 11.4. The SMILES string of the molecule is c1ccc(N=Nc2ccccc2[Se]c2ccccc2)cc1. The molecular formula is C18H14N2Se. The van der Waals surface area contributed by atoms with E-state index in [2.05, 4.69) is 46.6 Å². The Labute approximate surface area is 130 Å². The van der Waals surface area contributed by atoms with E-state index in [0.717, 1.165) is 11.4 Å². The van der Waals surface area contributed by atoms with Crippen LogP contribution in [0.2, 0.25) is 0 Å². The number of nitrogens with zero attached hydrogens (tertiary/aromatic N) is 2. The summed E-state index contributed by atoms with van der Waals surface area (Å²) in [5, 5.41) is 8.73. The van der Waals surface area contributed by atoms with Gasteiger partial charge < -0.3 is 0 Å². The molecular weight excluding hydrogens is 323 g/mol. The van der Waals surface area contributed by atoms with Crippen molar-refractivity contribution in [2.75, 3.05) is 0 Å². The van der Waals surface area contributed by atoms with Gasteiger partial charge in [-0.3, -0.25) is 0 Å². The third-order valence-corrected chi connectivity index (χ3v) is 5.12. The first-order valence-electron chi connectivity index (χ1n) is 6.70. The van der Waals surface area contributed by atoms with Crippen LogP contribution < -0.4 is 8.92 Å². The van der Waals surface area contributed by atoms with Crippen molar-refractivity contribution in [3.63, 3.8) is 0 Å². The van der Waals surface area contributed by atoms with Crippen molar-refractivity contribution in [2.45, 2.75) is 0 Å². The molecule has 0 saturated carbocycles. The molecule has 102 valence electrons. The van der Waals surface area contributed by atoms with Crippen molar-refractivity contribution in [3.8, 4) is 0 Å². The zero-order chi connectivity index (χ0) is 14.3. The van der Waals surface area contributed by atoms with Crippen LogP contribution in [-0.4, -0.2) is 15.0 Å². The maximum atomic E-state index is 4.41. The van der Waals surface area contributed by atoms with E-state index in [1.165, 1.54) is 8.92 Å². The summed E-state index contributed by atoms with van der Waals surface area (Å²) in [4.78, 5) is 0. The van der Waals surface area contributed by atoms with Gasteiger partial charge in [0.05, 0.1) is 0 Å². The molecule has 0 bridgehead atoms. The summed E-state index contributed by atoms with van der Waals surface area (Å²) in [6, 6.07) is 28.5. The molecule has 0 radical (unpaired) electrons. The minimum absolute atomic E-state index is 0.244. The fourth-order valence-electron chi connectivity index (χ4n) is 1.85. The van der Waals surface area contributed by atoms with Crippen LogP contribution in [-0.2, 0) is 0 Å². The van der Waals surface area contributed by atoms with Crippen LogP contribution in [0, 0.1) is 0 Å². The number of azo groups is 1. The normalized spacial score (nSPS) is 10.9. The molecule has 0 atom stereocenters. The van der Waals surface area contributed by atoms with Crippen LogP contribution in [0.5, 0.6) is 0 Å². The molecule has 0 amide bonds. The number of hydrogen-bond acceptors (Lipinski definition) is 2. The van der Waals surface area contributed by atoms with Crippen LogP contribution >= 0.6 is 0 Å². The number of benzene rings is 3. The molecule has 0 fully saturated rings. The van der Waals surface area contributed by atoms with Crippen molar-refractivity contribution >= 4 is 35.3 Å². The van der Waals surface area contributed by atoms with Crippen molar-refractivity contribution in [2.24, 2.45) is 10.2 Å². The molecule has 0 heterocycles. The molecule has 0 spiro atoms. The molecule has 0 saturated heterocycles.